The lowest BCUT2D eigenvalue weighted by atomic mass is 10.3. The lowest BCUT2D eigenvalue weighted by Gasteiger charge is -2.10. The Morgan fingerprint density at radius 1 is 1.18 bits per heavy atom. The van der Waals surface area contributed by atoms with Gasteiger partial charge in [0.1, 0.15) is 10.7 Å². The van der Waals surface area contributed by atoms with Gasteiger partial charge in [-0.15, -0.1) is 0 Å². The smallest absolute Gasteiger partial charge is 0.263 e. The summed E-state index contributed by atoms with van der Waals surface area (Å²) in [5.74, 6) is -0.246. The van der Waals surface area contributed by atoms with Crippen LogP contribution in [-0.2, 0) is 16.2 Å². The van der Waals surface area contributed by atoms with Crippen LogP contribution < -0.4 is 4.72 Å². The normalized spacial score (nSPS) is 12.2. The third kappa shape index (κ3) is 3.90. The molecule has 0 aliphatic heterocycles. The molecular formula is C12H7BrClF3N2O2S. The average molecular weight is 416 g/mol. The number of nitrogens with one attached hydrogen (secondary N) is 1. The number of hydrogen-bond donors (Lipinski definition) is 1. The predicted octanol–water partition coefficient (Wildman–Crippen LogP) is 4.32. The van der Waals surface area contributed by atoms with Gasteiger partial charge in [-0.05, 0) is 30.3 Å². The standard InChI is InChI=1S/C12H7BrClF3N2O2S/c13-8-2-3-9(14)10(5-8)22(20,21)19-11-4-1-7(6-18-11)12(15,16)17/h1-6H,(H,18,19). The van der Waals surface area contributed by atoms with Crippen molar-refractivity contribution < 1.29 is 21.6 Å². The maximum absolute atomic E-state index is 12.4. The molecule has 0 atom stereocenters. The zero-order valence-corrected chi connectivity index (χ0v) is 13.7. The number of alkyl halides is 3. The summed E-state index contributed by atoms with van der Waals surface area (Å²) < 4.78 is 64.2. The summed E-state index contributed by atoms with van der Waals surface area (Å²) >= 11 is 8.94. The van der Waals surface area contributed by atoms with Crippen LogP contribution in [0.15, 0.2) is 45.9 Å². The molecule has 2 rings (SSSR count). The summed E-state index contributed by atoms with van der Waals surface area (Å²) in [6.45, 7) is 0. The molecule has 118 valence electrons. The molecule has 1 heterocycles. The molecule has 2 aromatic rings. The molecule has 0 spiro atoms. The maximum Gasteiger partial charge on any atom is 0.417 e. The van der Waals surface area contributed by atoms with Crippen LogP contribution in [0.5, 0.6) is 0 Å². The molecule has 0 saturated carbocycles. The highest BCUT2D eigenvalue weighted by Gasteiger charge is 2.31. The van der Waals surface area contributed by atoms with E-state index >= 15 is 0 Å². The number of benzene rings is 1. The van der Waals surface area contributed by atoms with E-state index in [-0.39, 0.29) is 15.7 Å². The zero-order valence-electron chi connectivity index (χ0n) is 10.5. The molecule has 0 bridgehead atoms. The Hall–Kier alpha value is -1.32. The Morgan fingerprint density at radius 3 is 2.41 bits per heavy atom. The molecule has 0 unspecified atom stereocenters. The van der Waals surface area contributed by atoms with E-state index in [2.05, 4.69) is 25.6 Å². The fourth-order valence-electron chi connectivity index (χ4n) is 1.50. The van der Waals surface area contributed by atoms with Crippen LogP contribution >= 0.6 is 27.5 Å². The van der Waals surface area contributed by atoms with Gasteiger partial charge in [-0.3, -0.25) is 4.72 Å². The molecule has 0 aliphatic rings. The van der Waals surface area contributed by atoms with E-state index in [9.17, 15) is 21.6 Å². The van der Waals surface area contributed by atoms with Crippen LogP contribution in [0.3, 0.4) is 0 Å². The van der Waals surface area contributed by atoms with Crippen molar-refractivity contribution in [1.29, 1.82) is 0 Å². The van der Waals surface area contributed by atoms with Gasteiger partial charge < -0.3 is 0 Å². The minimum atomic E-state index is -4.54. The number of halogens is 5. The number of pyridine rings is 1. The van der Waals surface area contributed by atoms with Crippen molar-refractivity contribution in [3.8, 4) is 0 Å². The van der Waals surface area contributed by atoms with E-state index in [0.29, 0.717) is 10.7 Å². The molecule has 0 aliphatic carbocycles. The van der Waals surface area contributed by atoms with Crippen LogP contribution in [0, 0.1) is 0 Å². The minimum Gasteiger partial charge on any atom is -0.263 e. The summed E-state index contributed by atoms with van der Waals surface area (Å²) in [5.41, 5.74) is -0.976. The Kier molecular flexibility index (Phi) is 4.69. The Balaban J connectivity index is 2.31. The van der Waals surface area contributed by atoms with E-state index in [0.717, 1.165) is 12.1 Å². The van der Waals surface area contributed by atoms with Gasteiger partial charge in [0.15, 0.2) is 0 Å². The first-order chi connectivity index (χ1) is 10.1. The van der Waals surface area contributed by atoms with Gasteiger partial charge in [-0.1, -0.05) is 27.5 Å². The van der Waals surface area contributed by atoms with Crippen molar-refractivity contribution in [3.05, 3.63) is 51.6 Å². The molecule has 1 aromatic heterocycles. The second-order valence-electron chi connectivity index (χ2n) is 4.11. The lowest BCUT2D eigenvalue weighted by Crippen LogP contribution is -2.15. The van der Waals surface area contributed by atoms with Gasteiger partial charge in [0.05, 0.1) is 10.6 Å². The van der Waals surface area contributed by atoms with Crippen LogP contribution in [0.25, 0.3) is 0 Å². The summed E-state index contributed by atoms with van der Waals surface area (Å²) in [5, 5.41) is -0.0254. The number of rotatable bonds is 3. The molecular weight excluding hydrogens is 409 g/mol. The Labute approximate surface area is 137 Å². The van der Waals surface area contributed by atoms with Gasteiger partial charge in [-0.2, -0.15) is 13.2 Å². The Morgan fingerprint density at radius 2 is 1.86 bits per heavy atom. The molecule has 22 heavy (non-hydrogen) atoms. The molecule has 0 radical (unpaired) electrons. The van der Waals surface area contributed by atoms with Crippen molar-refractivity contribution >= 4 is 43.4 Å². The monoisotopic (exact) mass is 414 g/mol. The molecule has 10 heteroatoms. The van der Waals surface area contributed by atoms with Crippen LogP contribution in [0.4, 0.5) is 19.0 Å². The van der Waals surface area contributed by atoms with E-state index in [1.807, 2.05) is 0 Å². The Bertz CT molecular complexity index is 795. The van der Waals surface area contributed by atoms with Crippen molar-refractivity contribution in [3.63, 3.8) is 0 Å². The van der Waals surface area contributed by atoms with E-state index < -0.39 is 21.8 Å². The van der Waals surface area contributed by atoms with Crippen molar-refractivity contribution in [1.82, 2.24) is 4.98 Å². The summed E-state index contributed by atoms with van der Waals surface area (Å²) in [4.78, 5) is 3.23. The van der Waals surface area contributed by atoms with Gasteiger partial charge in [0, 0.05) is 10.7 Å². The summed E-state index contributed by atoms with van der Waals surface area (Å²) in [6.07, 6.45) is -4.00. The highest BCUT2D eigenvalue weighted by molar-refractivity contribution is 9.10. The number of anilines is 1. The lowest BCUT2D eigenvalue weighted by molar-refractivity contribution is -0.137. The second-order valence-corrected chi connectivity index (χ2v) is 7.08. The van der Waals surface area contributed by atoms with E-state index in [4.69, 9.17) is 11.6 Å². The topological polar surface area (TPSA) is 59.1 Å². The van der Waals surface area contributed by atoms with Crippen molar-refractivity contribution in [2.45, 2.75) is 11.1 Å². The molecule has 1 N–H and O–H groups in total. The van der Waals surface area contributed by atoms with Gasteiger partial charge in [0.2, 0.25) is 0 Å². The van der Waals surface area contributed by atoms with Crippen molar-refractivity contribution in [2.24, 2.45) is 0 Å². The van der Waals surface area contributed by atoms with Crippen LogP contribution in [0.2, 0.25) is 5.02 Å². The van der Waals surface area contributed by atoms with Gasteiger partial charge in [0.25, 0.3) is 10.0 Å². The fourth-order valence-corrected chi connectivity index (χ4v) is 3.55. The summed E-state index contributed by atoms with van der Waals surface area (Å²) in [6, 6.07) is 5.85. The average Bonchev–Trinajstić information content (AvgIpc) is 2.40. The maximum atomic E-state index is 12.4. The third-order valence-electron chi connectivity index (χ3n) is 2.51. The number of nitrogens with zero attached hydrogens (tertiary/aromatic N) is 1. The predicted molar refractivity (Wildman–Crippen MR) is 79.2 cm³/mol. The molecule has 0 saturated heterocycles. The molecule has 0 amide bonds. The number of aromatic nitrogens is 1. The first kappa shape index (κ1) is 17.0. The zero-order chi connectivity index (χ0) is 16.5. The van der Waals surface area contributed by atoms with E-state index in [1.54, 1.807) is 6.07 Å². The quantitative estimate of drug-likeness (QED) is 0.812. The first-order valence-electron chi connectivity index (χ1n) is 5.61. The SMILES string of the molecule is O=S(=O)(Nc1ccc(C(F)(F)F)cn1)c1cc(Br)ccc1Cl. The molecule has 1 aromatic carbocycles. The number of hydrogen-bond acceptors (Lipinski definition) is 3. The van der Waals surface area contributed by atoms with Crippen LogP contribution in [-0.4, -0.2) is 13.4 Å². The largest absolute Gasteiger partial charge is 0.417 e. The minimum absolute atomic E-state index is 0.0254. The highest BCUT2D eigenvalue weighted by Crippen LogP contribution is 2.30. The first-order valence-corrected chi connectivity index (χ1v) is 8.26. The molecule has 0 fully saturated rings. The van der Waals surface area contributed by atoms with Gasteiger partial charge in [-0.25, -0.2) is 13.4 Å². The fraction of sp³-hybridized carbons (Fsp3) is 0.0833. The highest BCUT2D eigenvalue weighted by atomic mass is 79.9. The van der Waals surface area contributed by atoms with E-state index in [1.165, 1.54) is 12.1 Å². The third-order valence-corrected chi connectivity index (χ3v) is 4.84. The van der Waals surface area contributed by atoms with Crippen molar-refractivity contribution in [2.75, 3.05) is 4.72 Å². The second kappa shape index (κ2) is 6.05. The number of sulfonamides is 1. The molecule has 4 nitrogen and oxygen atoms in total. The summed E-state index contributed by atoms with van der Waals surface area (Å²) in [7, 11) is -4.07. The van der Waals surface area contributed by atoms with Crippen LogP contribution in [0.1, 0.15) is 5.56 Å². The van der Waals surface area contributed by atoms with Gasteiger partial charge >= 0.3 is 6.18 Å².